The van der Waals surface area contributed by atoms with Crippen molar-refractivity contribution in [1.29, 1.82) is 0 Å². The van der Waals surface area contributed by atoms with Crippen LogP contribution in [0.25, 0.3) is 6.08 Å². The lowest BCUT2D eigenvalue weighted by Crippen LogP contribution is -2.46. The first-order chi connectivity index (χ1) is 17.2. The van der Waals surface area contributed by atoms with Crippen molar-refractivity contribution >= 4 is 23.7 Å². The van der Waals surface area contributed by atoms with E-state index in [0.717, 1.165) is 75.9 Å². The third-order valence-electron chi connectivity index (χ3n) is 7.63. The third-order valence-corrected chi connectivity index (χ3v) is 7.63. The molecule has 3 aliphatic rings. The van der Waals surface area contributed by atoms with Gasteiger partial charge in [-0.2, -0.15) is 4.98 Å². The van der Waals surface area contributed by atoms with E-state index in [-0.39, 0.29) is 5.91 Å². The van der Waals surface area contributed by atoms with Gasteiger partial charge in [0, 0.05) is 63.6 Å². The average molecular weight is 475 g/mol. The maximum atomic E-state index is 12.6. The molecule has 2 aromatic rings. The van der Waals surface area contributed by atoms with Crippen LogP contribution in [0.4, 0.5) is 11.8 Å². The summed E-state index contributed by atoms with van der Waals surface area (Å²) in [6.07, 6.45) is 13.8. The molecular weight excluding hydrogens is 436 g/mol. The van der Waals surface area contributed by atoms with Gasteiger partial charge in [-0.15, -0.1) is 0 Å². The second kappa shape index (κ2) is 11.7. The van der Waals surface area contributed by atoms with Gasteiger partial charge in [0.05, 0.1) is 0 Å². The largest absolute Gasteiger partial charge is 0.356 e. The molecule has 186 valence electrons. The van der Waals surface area contributed by atoms with Gasteiger partial charge in [-0.05, 0) is 49.8 Å². The smallest absolute Gasteiger partial charge is 0.246 e. The Kier molecular flexibility index (Phi) is 7.93. The van der Waals surface area contributed by atoms with Crippen LogP contribution < -0.4 is 10.2 Å². The lowest BCUT2D eigenvalue weighted by atomic mass is 10.0. The number of rotatable bonds is 6. The normalized spacial score (nSPS) is 22.5. The van der Waals surface area contributed by atoms with E-state index in [1.54, 1.807) is 6.08 Å². The van der Waals surface area contributed by atoms with Crippen molar-refractivity contribution in [1.82, 2.24) is 19.8 Å². The summed E-state index contributed by atoms with van der Waals surface area (Å²) in [6, 6.07) is 13.0. The highest BCUT2D eigenvalue weighted by Crippen LogP contribution is 2.24. The Bertz CT molecular complexity index is 980. The molecule has 1 aromatic heterocycles. The van der Waals surface area contributed by atoms with Crippen molar-refractivity contribution in [2.24, 2.45) is 0 Å². The van der Waals surface area contributed by atoms with E-state index < -0.39 is 0 Å². The van der Waals surface area contributed by atoms with E-state index in [1.165, 1.54) is 25.7 Å². The van der Waals surface area contributed by atoms with Crippen LogP contribution in [0.5, 0.6) is 0 Å². The SMILES string of the molecule is O=C(/C=C/c1ccccc1)N1CCC(N2CCC(Nc3nccc(N4CCCCCC4)n3)C2)CC1. The number of aromatic nitrogens is 2. The van der Waals surface area contributed by atoms with E-state index in [1.807, 2.05) is 53.6 Å². The molecule has 1 amide bonds. The minimum Gasteiger partial charge on any atom is -0.356 e. The molecule has 0 spiro atoms. The Morgan fingerprint density at radius 1 is 0.914 bits per heavy atom. The summed E-state index contributed by atoms with van der Waals surface area (Å²) in [5.74, 6) is 1.93. The fraction of sp³-hybridized carbons (Fsp3) is 0.536. The molecule has 0 aliphatic carbocycles. The topological polar surface area (TPSA) is 64.6 Å². The molecular formula is C28H38N6O. The minimum atomic E-state index is 0.120. The predicted molar refractivity (Wildman–Crippen MR) is 141 cm³/mol. The molecule has 0 radical (unpaired) electrons. The number of likely N-dealkylation sites (tertiary alicyclic amines) is 2. The standard InChI is InChI=1S/C28H38N6O/c35-27(11-10-23-8-4-3-5-9-23)33-20-14-25(15-21-33)34-19-13-24(22-34)30-28-29-16-12-26(31-28)32-17-6-1-2-7-18-32/h3-5,8-12,16,24-25H,1-2,6-7,13-15,17-22H2,(H,29,30,31)/b11-10+. The van der Waals surface area contributed by atoms with Gasteiger partial charge in [0.2, 0.25) is 11.9 Å². The Morgan fingerprint density at radius 3 is 2.46 bits per heavy atom. The van der Waals surface area contributed by atoms with Gasteiger partial charge in [0.15, 0.2) is 0 Å². The summed E-state index contributed by atoms with van der Waals surface area (Å²) >= 11 is 0. The number of amides is 1. The molecule has 5 rings (SSSR count). The highest BCUT2D eigenvalue weighted by Gasteiger charge is 2.31. The van der Waals surface area contributed by atoms with Gasteiger partial charge in [0.25, 0.3) is 0 Å². The molecule has 0 saturated carbocycles. The summed E-state index contributed by atoms with van der Waals surface area (Å²) in [5, 5.41) is 3.60. The number of anilines is 2. The van der Waals surface area contributed by atoms with Crippen molar-refractivity contribution in [3.05, 3.63) is 54.2 Å². The van der Waals surface area contributed by atoms with Crippen LogP contribution in [0.2, 0.25) is 0 Å². The Hall–Kier alpha value is -2.93. The Morgan fingerprint density at radius 2 is 1.69 bits per heavy atom. The highest BCUT2D eigenvalue weighted by atomic mass is 16.2. The van der Waals surface area contributed by atoms with Crippen molar-refractivity contribution in [3.63, 3.8) is 0 Å². The number of nitrogens with one attached hydrogen (secondary N) is 1. The first-order valence-electron chi connectivity index (χ1n) is 13.4. The Labute approximate surface area is 209 Å². The summed E-state index contributed by atoms with van der Waals surface area (Å²) in [4.78, 5) is 29.0. The van der Waals surface area contributed by atoms with E-state index in [4.69, 9.17) is 4.98 Å². The predicted octanol–water partition coefficient (Wildman–Crippen LogP) is 4.05. The molecule has 1 atom stereocenters. The average Bonchev–Trinajstić information content (AvgIpc) is 3.19. The van der Waals surface area contributed by atoms with Crippen LogP contribution in [0, 0.1) is 0 Å². The maximum Gasteiger partial charge on any atom is 0.246 e. The van der Waals surface area contributed by atoms with Crippen molar-refractivity contribution in [2.75, 3.05) is 49.5 Å². The fourth-order valence-corrected chi connectivity index (χ4v) is 5.60. The van der Waals surface area contributed by atoms with Crippen LogP contribution in [-0.2, 0) is 4.79 Å². The zero-order chi connectivity index (χ0) is 23.9. The van der Waals surface area contributed by atoms with Crippen LogP contribution in [0.1, 0.15) is 50.5 Å². The molecule has 3 aliphatic heterocycles. The fourth-order valence-electron chi connectivity index (χ4n) is 5.60. The summed E-state index contributed by atoms with van der Waals surface area (Å²) in [7, 11) is 0. The Balaban J connectivity index is 1.08. The number of benzene rings is 1. The van der Waals surface area contributed by atoms with Gasteiger partial charge >= 0.3 is 0 Å². The van der Waals surface area contributed by atoms with Gasteiger partial charge in [-0.3, -0.25) is 9.69 Å². The van der Waals surface area contributed by atoms with Gasteiger partial charge < -0.3 is 15.1 Å². The minimum absolute atomic E-state index is 0.120. The molecule has 1 N–H and O–H groups in total. The first-order valence-corrected chi connectivity index (χ1v) is 13.4. The van der Waals surface area contributed by atoms with E-state index in [9.17, 15) is 4.79 Å². The molecule has 7 nitrogen and oxygen atoms in total. The van der Waals surface area contributed by atoms with Gasteiger partial charge in [-0.1, -0.05) is 43.2 Å². The lowest BCUT2D eigenvalue weighted by molar-refractivity contribution is -0.127. The zero-order valence-corrected chi connectivity index (χ0v) is 20.7. The quantitative estimate of drug-likeness (QED) is 0.638. The van der Waals surface area contributed by atoms with Crippen LogP contribution in [-0.4, -0.2) is 77.0 Å². The number of carbonyl (C=O) groups is 1. The van der Waals surface area contributed by atoms with Gasteiger partial charge in [0.1, 0.15) is 5.82 Å². The molecule has 7 heteroatoms. The first kappa shape index (κ1) is 23.8. The number of hydrogen-bond acceptors (Lipinski definition) is 6. The zero-order valence-electron chi connectivity index (χ0n) is 20.7. The number of nitrogens with zero attached hydrogens (tertiary/aromatic N) is 5. The van der Waals surface area contributed by atoms with Crippen LogP contribution in [0.3, 0.4) is 0 Å². The second-order valence-electron chi connectivity index (χ2n) is 10.1. The molecule has 1 unspecified atom stereocenters. The highest BCUT2D eigenvalue weighted by molar-refractivity contribution is 5.91. The third kappa shape index (κ3) is 6.40. The molecule has 0 bridgehead atoms. The van der Waals surface area contributed by atoms with E-state index in [0.29, 0.717) is 12.1 Å². The van der Waals surface area contributed by atoms with Crippen molar-refractivity contribution in [3.8, 4) is 0 Å². The maximum absolute atomic E-state index is 12.6. The van der Waals surface area contributed by atoms with Crippen molar-refractivity contribution in [2.45, 2.75) is 57.0 Å². The molecule has 3 saturated heterocycles. The molecule has 1 aromatic carbocycles. The monoisotopic (exact) mass is 474 g/mol. The molecule has 4 heterocycles. The number of piperidine rings is 1. The summed E-state index contributed by atoms with van der Waals surface area (Å²) < 4.78 is 0. The lowest BCUT2D eigenvalue weighted by Gasteiger charge is -2.36. The van der Waals surface area contributed by atoms with Gasteiger partial charge in [-0.25, -0.2) is 4.98 Å². The second-order valence-corrected chi connectivity index (χ2v) is 10.1. The number of hydrogen-bond donors (Lipinski definition) is 1. The van der Waals surface area contributed by atoms with Crippen LogP contribution in [0.15, 0.2) is 48.7 Å². The number of carbonyl (C=O) groups excluding carboxylic acids is 1. The molecule has 3 fully saturated rings. The van der Waals surface area contributed by atoms with Crippen LogP contribution >= 0.6 is 0 Å². The summed E-state index contributed by atoms with van der Waals surface area (Å²) in [6.45, 7) is 5.96. The summed E-state index contributed by atoms with van der Waals surface area (Å²) in [5.41, 5.74) is 1.06. The molecule has 35 heavy (non-hydrogen) atoms. The van der Waals surface area contributed by atoms with E-state index >= 15 is 0 Å². The van der Waals surface area contributed by atoms with E-state index in [2.05, 4.69) is 20.1 Å². The van der Waals surface area contributed by atoms with Crippen molar-refractivity contribution < 1.29 is 4.79 Å².